The molecule has 1 aliphatic heterocycles. The van der Waals surface area contributed by atoms with Crippen LogP contribution >= 0.6 is 0 Å². The van der Waals surface area contributed by atoms with Crippen molar-refractivity contribution in [2.75, 3.05) is 20.8 Å². The SMILES string of the molecule is COC[C@H](C)[C@@H]1O[C@@](O)(CC(=O)OC(C)(C)C)[C@H](OC)[C@@H](O[Si](C)(C)C(C)(C)C)[C@@H]1C. The first-order valence-electron chi connectivity index (χ1n) is 11.2. The molecule has 1 rings (SSSR count). The van der Waals surface area contributed by atoms with E-state index in [4.69, 9.17) is 23.4 Å². The molecule has 6 atom stereocenters. The van der Waals surface area contributed by atoms with E-state index in [-0.39, 0.29) is 29.4 Å². The van der Waals surface area contributed by atoms with Crippen LogP contribution in [0.4, 0.5) is 0 Å². The molecule has 1 aliphatic rings. The zero-order chi connectivity index (χ0) is 24.4. The number of hydrogen-bond donors (Lipinski definition) is 1. The average Bonchev–Trinajstić information content (AvgIpc) is 2.55. The molecule has 0 aliphatic carbocycles. The van der Waals surface area contributed by atoms with E-state index in [0.29, 0.717) is 6.61 Å². The van der Waals surface area contributed by atoms with Gasteiger partial charge in [0.05, 0.1) is 18.8 Å². The second-order valence-corrected chi connectivity index (χ2v) is 16.2. The van der Waals surface area contributed by atoms with Gasteiger partial charge >= 0.3 is 5.97 Å². The summed E-state index contributed by atoms with van der Waals surface area (Å²) in [5, 5.41) is 11.6. The van der Waals surface area contributed by atoms with Crippen molar-refractivity contribution < 1.29 is 33.3 Å². The van der Waals surface area contributed by atoms with E-state index in [2.05, 4.69) is 33.9 Å². The van der Waals surface area contributed by atoms with Gasteiger partial charge in [-0.15, -0.1) is 0 Å². The molecule has 0 aromatic carbocycles. The lowest BCUT2D eigenvalue weighted by Crippen LogP contribution is -2.66. The molecule has 1 N–H and O–H groups in total. The first-order valence-corrected chi connectivity index (χ1v) is 14.1. The van der Waals surface area contributed by atoms with Crippen molar-refractivity contribution in [2.45, 2.75) is 110 Å². The molecule has 31 heavy (non-hydrogen) atoms. The van der Waals surface area contributed by atoms with Gasteiger partial charge in [-0.3, -0.25) is 4.79 Å². The molecule has 184 valence electrons. The highest BCUT2D eigenvalue weighted by atomic mass is 28.4. The predicted octanol–water partition coefficient (Wildman–Crippen LogP) is 4.13. The Hall–Kier alpha value is -0.513. The highest BCUT2D eigenvalue weighted by Gasteiger charge is 2.57. The molecule has 1 heterocycles. The van der Waals surface area contributed by atoms with Crippen LogP contribution in [0.15, 0.2) is 0 Å². The molecule has 0 aromatic rings. The maximum absolute atomic E-state index is 12.7. The Balaban J connectivity index is 3.37. The van der Waals surface area contributed by atoms with E-state index in [1.807, 2.05) is 13.8 Å². The van der Waals surface area contributed by atoms with Gasteiger partial charge in [0.25, 0.3) is 0 Å². The standard InChI is InChI=1S/C23H46O7Si/c1-15(14-26-9)18-16(2)19(30-31(11,12)22(6,7)8)20(27-10)23(25,29-18)13-17(24)28-21(3,4)5/h15-16,18-20,25H,13-14H2,1-12H3/t15-,16+,18-,19-,20+,23-/m0/s1. The normalized spacial score (nSPS) is 31.4. The van der Waals surface area contributed by atoms with Crippen LogP contribution in [-0.2, 0) is 28.2 Å². The Morgan fingerprint density at radius 1 is 1.16 bits per heavy atom. The van der Waals surface area contributed by atoms with Crippen LogP contribution in [0, 0.1) is 11.8 Å². The van der Waals surface area contributed by atoms with Gasteiger partial charge < -0.3 is 28.5 Å². The third-order valence-electron chi connectivity index (χ3n) is 6.42. The minimum absolute atomic E-state index is 0.0199. The molecule has 0 aromatic heterocycles. The number of methoxy groups -OCH3 is 2. The fourth-order valence-corrected chi connectivity index (χ4v) is 5.22. The zero-order valence-corrected chi connectivity index (χ0v) is 22.7. The van der Waals surface area contributed by atoms with Gasteiger partial charge in [0, 0.05) is 26.1 Å². The molecule has 8 heteroatoms. The van der Waals surface area contributed by atoms with Crippen molar-refractivity contribution in [1.29, 1.82) is 0 Å². The quantitative estimate of drug-likeness (QED) is 0.429. The maximum Gasteiger partial charge on any atom is 0.311 e. The Kier molecular flexibility index (Phi) is 9.36. The summed E-state index contributed by atoms with van der Waals surface area (Å²) in [6.07, 6.45) is -2.01. The Bertz CT molecular complexity index is 596. The maximum atomic E-state index is 12.7. The second kappa shape index (κ2) is 10.2. The third kappa shape index (κ3) is 7.24. The summed E-state index contributed by atoms with van der Waals surface area (Å²) in [6.45, 7) is 20.7. The van der Waals surface area contributed by atoms with E-state index < -0.39 is 37.9 Å². The van der Waals surface area contributed by atoms with Crippen molar-refractivity contribution >= 4 is 14.3 Å². The van der Waals surface area contributed by atoms with Gasteiger partial charge in [0.2, 0.25) is 5.79 Å². The molecule has 0 saturated carbocycles. The van der Waals surface area contributed by atoms with Crippen LogP contribution < -0.4 is 0 Å². The number of rotatable bonds is 8. The van der Waals surface area contributed by atoms with Gasteiger partial charge in [0.15, 0.2) is 8.32 Å². The summed E-state index contributed by atoms with van der Waals surface area (Å²) >= 11 is 0. The first-order chi connectivity index (χ1) is 13.9. The van der Waals surface area contributed by atoms with E-state index >= 15 is 0 Å². The van der Waals surface area contributed by atoms with Gasteiger partial charge in [-0.05, 0) is 38.9 Å². The Labute approximate surface area is 190 Å². The van der Waals surface area contributed by atoms with Crippen molar-refractivity contribution in [1.82, 2.24) is 0 Å². The number of carbonyl (C=O) groups excluding carboxylic acids is 1. The van der Waals surface area contributed by atoms with Crippen LogP contribution in [-0.4, -0.2) is 69.9 Å². The molecule has 0 spiro atoms. The lowest BCUT2D eigenvalue weighted by Gasteiger charge is -2.53. The number of ether oxygens (including phenoxy) is 4. The molecular weight excluding hydrogens is 416 g/mol. The fourth-order valence-electron chi connectivity index (χ4n) is 3.85. The monoisotopic (exact) mass is 462 g/mol. The van der Waals surface area contributed by atoms with E-state index in [9.17, 15) is 9.90 Å². The Morgan fingerprint density at radius 2 is 1.71 bits per heavy atom. The molecule has 1 fully saturated rings. The summed E-state index contributed by atoms with van der Waals surface area (Å²) < 4.78 is 29.5. The lowest BCUT2D eigenvalue weighted by molar-refractivity contribution is -0.346. The number of aliphatic hydroxyl groups is 1. The number of esters is 1. The van der Waals surface area contributed by atoms with Gasteiger partial charge in [-0.1, -0.05) is 34.6 Å². The summed E-state index contributed by atoms with van der Waals surface area (Å²) in [7, 11) is 0.943. The van der Waals surface area contributed by atoms with Crippen LogP contribution in [0.1, 0.15) is 61.8 Å². The van der Waals surface area contributed by atoms with Gasteiger partial charge in [0.1, 0.15) is 18.1 Å². The van der Waals surface area contributed by atoms with E-state index in [0.717, 1.165) is 0 Å². The van der Waals surface area contributed by atoms with Crippen molar-refractivity contribution in [3.8, 4) is 0 Å². The highest BCUT2D eigenvalue weighted by Crippen LogP contribution is 2.44. The molecule has 0 amide bonds. The van der Waals surface area contributed by atoms with Crippen LogP contribution in [0.3, 0.4) is 0 Å². The first kappa shape index (κ1) is 28.5. The average molecular weight is 463 g/mol. The van der Waals surface area contributed by atoms with Crippen LogP contribution in [0.2, 0.25) is 18.1 Å². The highest BCUT2D eigenvalue weighted by molar-refractivity contribution is 6.74. The van der Waals surface area contributed by atoms with E-state index in [1.165, 1.54) is 7.11 Å². The van der Waals surface area contributed by atoms with Gasteiger partial charge in [-0.25, -0.2) is 0 Å². The van der Waals surface area contributed by atoms with E-state index in [1.54, 1.807) is 27.9 Å². The number of carbonyl (C=O) groups is 1. The summed E-state index contributed by atoms with van der Waals surface area (Å²) in [6, 6.07) is 0. The molecule has 7 nitrogen and oxygen atoms in total. The second-order valence-electron chi connectivity index (χ2n) is 11.5. The topological polar surface area (TPSA) is 83.5 Å². The zero-order valence-electron chi connectivity index (χ0n) is 21.7. The van der Waals surface area contributed by atoms with Gasteiger partial charge in [-0.2, -0.15) is 0 Å². The summed E-state index contributed by atoms with van der Waals surface area (Å²) in [5.74, 6) is -2.52. The van der Waals surface area contributed by atoms with Crippen LogP contribution in [0.25, 0.3) is 0 Å². The molecule has 0 radical (unpaired) electrons. The largest absolute Gasteiger partial charge is 0.460 e. The summed E-state index contributed by atoms with van der Waals surface area (Å²) in [5.41, 5.74) is -0.669. The smallest absolute Gasteiger partial charge is 0.311 e. The number of hydrogen-bond acceptors (Lipinski definition) is 7. The Morgan fingerprint density at radius 3 is 2.13 bits per heavy atom. The van der Waals surface area contributed by atoms with Crippen molar-refractivity contribution in [3.05, 3.63) is 0 Å². The lowest BCUT2D eigenvalue weighted by atomic mass is 9.80. The molecule has 0 unspecified atom stereocenters. The van der Waals surface area contributed by atoms with Crippen LogP contribution in [0.5, 0.6) is 0 Å². The molecule has 0 bridgehead atoms. The molecule has 1 saturated heterocycles. The molecular formula is C23H46O7Si. The van der Waals surface area contributed by atoms with Crippen molar-refractivity contribution in [3.63, 3.8) is 0 Å². The summed E-state index contributed by atoms with van der Waals surface area (Å²) in [4.78, 5) is 12.7. The minimum atomic E-state index is -2.21. The van der Waals surface area contributed by atoms with Crippen molar-refractivity contribution in [2.24, 2.45) is 11.8 Å². The fraction of sp³-hybridized carbons (Fsp3) is 0.957. The minimum Gasteiger partial charge on any atom is -0.460 e. The predicted molar refractivity (Wildman–Crippen MR) is 123 cm³/mol. The third-order valence-corrected chi connectivity index (χ3v) is 10.9.